The average molecular weight is 342 g/mol. The Bertz CT molecular complexity index is 719. The SMILES string of the molecule is C/C(=N/OC(C)(C)C)c1cccc(OC2=NS(=O)(=O)CS2)c1. The van der Waals surface area contributed by atoms with Gasteiger partial charge in [0.2, 0.25) is 0 Å². The van der Waals surface area contributed by atoms with Crippen LogP contribution >= 0.6 is 11.8 Å². The van der Waals surface area contributed by atoms with Gasteiger partial charge in [0.25, 0.3) is 15.3 Å². The van der Waals surface area contributed by atoms with Crippen LogP contribution in [0.2, 0.25) is 0 Å². The van der Waals surface area contributed by atoms with Gasteiger partial charge in [0.15, 0.2) is 0 Å². The zero-order valence-electron chi connectivity index (χ0n) is 12.9. The van der Waals surface area contributed by atoms with Crippen molar-refractivity contribution >= 4 is 32.7 Å². The van der Waals surface area contributed by atoms with Crippen LogP contribution < -0.4 is 4.74 Å². The van der Waals surface area contributed by atoms with Gasteiger partial charge in [-0.3, -0.25) is 0 Å². The second kappa shape index (κ2) is 6.29. The molecular weight excluding hydrogens is 324 g/mol. The topological polar surface area (TPSA) is 77.3 Å². The van der Waals surface area contributed by atoms with E-state index in [1.54, 1.807) is 18.2 Å². The number of hydrogen-bond donors (Lipinski definition) is 0. The van der Waals surface area contributed by atoms with E-state index in [0.717, 1.165) is 17.3 Å². The van der Waals surface area contributed by atoms with Crippen molar-refractivity contribution in [1.82, 2.24) is 0 Å². The van der Waals surface area contributed by atoms with Crippen molar-refractivity contribution in [1.29, 1.82) is 0 Å². The summed E-state index contributed by atoms with van der Waals surface area (Å²) in [6.07, 6.45) is 0. The average Bonchev–Trinajstić information content (AvgIpc) is 2.74. The van der Waals surface area contributed by atoms with Crippen molar-refractivity contribution in [2.24, 2.45) is 9.55 Å². The normalized spacial score (nSPS) is 18.0. The lowest BCUT2D eigenvalue weighted by atomic mass is 10.1. The highest BCUT2D eigenvalue weighted by Gasteiger charge is 2.23. The lowest BCUT2D eigenvalue weighted by Crippen LogP contribution is -2.16. The largest absolute Gasteiger partial charge is 0.433 e. The second-order valence-corrected chi connectivity index (χ2v) is 8.64. The molecule has 0 N–H and O–H groups in total. The Balaban J connectivity index is 2.14. The molecule has 0 saturated carbocycles. The summed E-state index contributed by atoms with van der Waals surface area (Å²) < 4.78 is 31.5. The number of oxime groups is 1. The number of rotatable bonds is 3. The van der Waals surface area contributed by atoms with Crippen LogP contribution in [0.1, 0.15) is 33.3 Å². The molecular formula is C14H18N2O4S2. The highest BCUT2D eigenvalue weighted by Crippen LogP contribution is 2.23. The minimum Gasteiger partial charge on any atom is -0.433 e. The maximum Gasteiger partial charge on any atom is 0.268 e. The minimum atomic E-state index is -3.38. The Hall–Kier alpha value is -1.54. The number of benzene rings is 1. The monoisotopic (exact) mass is 342 g/mol. The molecule has 0 atom stereocenters. The van der Waals surface area contributed by atoms with Gasteiger partial charge in [0, 0.05) is 5.56 Å². The Morgan fingerprint density at radius 1 is 1.36 bits per heavy atom. The van der Waals surface area contributed by atoms with Crippen LogP contribution in [0, 0.1) is 0 Å². The summed E-state index contributed by atoms with van der Waals surface area (Å²) in [5.74, 6) is 0.506. The van der Waals surface area contributed by atoms with E-state index >= 15 is 0 Å². The molecule has 22 heavy (non-hydrogen) atoms. The van der Waals surface area contributed by atoms with E-state index in [1.165, 1.54) is 0 Å². The van der Waals surface area contributed by atoms with Gasteiger partial charge >= 0.3 is 0 Å². The summed E-state index contributed by atoms with van der Waals surface area (Å²) in [5.41, 5.74) is 1.17. The van der Waals surface area contributed by atoms with Crippen molar-refractivity contribution in [3.8, 4) is 5.75 Å². The van der Waals surface area contributed by atoms with Crippen LogP contribution in [0.4, 0.5) is 0 Å². The Morgan fingerprint density at radius 3 is 2.68 bits per heavy atom. The first kappa shape index (κ1) is 16.8. The quantitative estimate of drug-likeness (QED) is 0.623. The van der Waals surface area contributed by atoms with Gasteiger partial charge < -0.3 is 9.57 Å². The molecule has 0 spiro atoms. The molecule has 1 aliphatic rings. The van der Waals surface area contributed by atoms with Crippen LogP contribution in [-0.4, -0.2) is 30.0 Å². The third-order valence-electron chi connectivity index (χ3n) is 2.46. The fourth-order valence-electron chi connectivity index (χ4n) is 1.48. The second-order valence-electron chi connectivity index (χ2n) is 5.71. The molecule has 0 unspecified atom stereocenters. The zero-order valence-corrected chi connectivity index (χ0v) is 14.5. The van der Waals surface area contributed by atoms with E-state index in [1.807, 2.05) is 33.8 Å². The lowest BCUT2D eigenvalue weighted by molar-refractivity contribution is 0.000955. The molecule has 0 fully saturated rings. The Kier molecular flexibility index (Phi) is 4.81. The number of thioether (sulfide) groups is 1. The smallest absolute Gasteiger partial charge is 0.268 e. The predicted octanol–water partition coefficient (Wildman–Crippen LogP) is 2.99. The van der Waals surface area contributed by atoms with Crippen molar-refractivity contribution in [2.75, 3.05) is 5.08 Å². The fraction of sp³-hybridized carbons (Fsp3) is 0.429. The highest BCUT2D eigenvalue weighted by atomic mass is 32.3. The molecule has 0 amide bonds. The number of ether oxygens (including phenoxy) is 1. The van der Waals surface area contributed by atoms with E-state index in [-0.39, 0.29) is 15.9 Å². The summed E-state index contributed by atoms with van der Waals surface area (Å²) >= 11 is 1.06. The van der Waals surface area contributed by atoms with Gasteiger partial charge in [-0.25, -0.2) is 8.42 Å². The van der Waals surface area contributed by atoms with Gasteiger partial charge in [0.1, 0.15) is 16.4 Å². The lowest BCUT2D eigenvalue weighted by Gasteiger charge is -2.16. The van der Waals surface area contributed by atoms with Crippen molar-refractivity contribution in [3.05, 3.63) is 29.8 Å². The van der Waals surface area contributed by atoms with E-state index in [9.17, 15) is 8.42 Å². The van der Waals surface area contributed by atoms with Gasteiger partial charge in [0.05, 0.1) is 5.71 Å². The third kappa shape index (κ3) is 5.03. The van der Waals surface area contributed by atoms with Crippen LogP contribution in [0.15, 0.2) is 33.8 Å². The molecule has 0 aliphatic carbocycles. The fourth-order valence-corrected chi connectivity index (χ4v) is 3.66. The molecule has 120 valence electrons. The van der Waals surface area contributed by atoms with Crippen molar-refractivity contribution in [3.63, 3.8) is 0 Å². The summed E-state index contributed by atoms with van der Waals surface area (Å²) in [6.45, 7) is 7.58. The molecule has 1 aromatic rings. The predicted molar refractivity (Wildman–Crippen MR) is 88.9 cm³/mol. The summed E-state index contributed by atoms with van der Waals surface area (Å²) in [4.78, 5) is 5.39. The van der Waals surface area contributed by atoms with Crippen molar-refractivity contribution in [2.45, 2.75) is 33.3 Å². The maximum absolute atomic E-state index is 11.3. The molecule has 1 aromatic carbocycles. The summed E-state index contributed by atoms with van der Waals surface area (Å²) in [6, 6.07) is 7.17. The Morgan fingerprint density at radius 2 is 2.09 bits per heavy atom. The van der Waals surface area contributed by atoms with Crippen LogP contribution in [0.3, 0.4) is 0 Å². The van der Waals surface area contributed by atoms with Gasteiger partial charge in [-0.1, -0.05) is 17.3 Å². The highest BCUT2D eigenvalue weighted by molar-refractivity contribution is 8.24. The van der Waals surface area contributed by atoms with E-state index in [4.69, 9.17) is 9.57 Å². The van der Waals surface area contributed by atoms with Crippen LogP contribution in [-0.2, 0) is 14.9 Å². The molecule has 2 rings (SSSR count). The van der Waals surface area contributed by atoms with Gasteiger partial charge in [-0.05, 0) is 51.6 Å². The molecule has 6 nitrogen and oxygen atoms in total. The first-order valence-electron chi connectivity index (χ1n) is 6.61. The Labute approximate surface area is 134 Å². The number of sulfonamides is 1. The van der Waals surface area contributed by atoms with Gasteiger partial charge in [-0.15, -0.1) is 4.40 Å². The molecule has 1 aliphatic heterocycles. The van der Waals surface area contributed by atoms with E-state index in [0.29, 0.717) is 11.5 Å². The van der Waals surface area contributed by atoms with E-state index < -0.39 is 10.0 Å². The molecule has 1 heterocycles. The van der Waals surface area contributed by atoms with Crippen LogP contribution in [0.25, 0.3) is 0 Å². The summed E-state index contributed by atoms with van der Waals surface area (Å²) in [5, 5.41) is 4.15. The van der Waals surface area contributed by atoms with Crippen molar-refractivity contribution < 1.29 is 18.0 Å². The number of nitrogens with zero attached hydrogens (tertiary/aromatic N) is 2. The first-order chi connectivity index (χ1) is 10.1. The standard InChI is InChI=1S/C14H18N2O4S2/c1-10(15-20-14(2,3)4)11-6-5-7-12(8-11)19-13-16-22(17,18)9-21-13/h5-8H,9H2,1-4H3/b15-10-. The molecule has 0 aromatic heterocycles. The zero-order chi connectivity index (χ0) is 16.4. The molecule has 0 radical (unpaired) electrons. The van der Waals surface area contributed by atoms with E-state index in [2.05, 4.69) is 9.55 Å². The third-order valence-corrected chi connectivity index (χ3v) is 5.10. The summed E-state index contributed by atoms with van der Waals surface area (Å²) in [7, 11) is -3.38. The first-order valence-corrected chi connectivity index (χ1v) is 9.21. The van der Waals surface area contributed by atoms with Crippen LogP contribution in [0.5, 0.6) is 5.75 Å². The minimum absolute atomic E-state index is 0.0814. The van der Waals surface area contributed by atoms with Gasteiger partial charge in [-0.2, -0.15) is 0 Å². The number of hydrogen-bond acceptors (Lipinski definition) is 6. The maximum atomic E-state index is 11.3. The molecule has 0 saturated heterocycles. The molecule has 8 heteroatoms. The molecule has 0 bridgehead atoms.